The molecule has 3 rings (SSSR count). The number of benzene rings is 2. The summed E-state index contributed by atoms with van der Waals surface area (Å²) < 4.78 is 0. The quantitative estimate of drug-likeness (QED) is 0.533. The van der Waals surface area contributed by atoms with Crippen molar-refractivity contribution in [1.29, 1.82) is 0 Å². The molecular formula is C23H28Cl2N2OS. The minimum atomic E-state index is 0.127. The van der Waals surface area contributed by atoms with E-state index in [2.05, 4.69) is 41.4 Å². The van der Waals surface area contributed by atoms with Crippen molar-refractivity contribution in [3.63, 3.8) is 0 Å². The molecule has 6 heteroatoms. The van der Waals surface area contributed by atoms with Crippen LogP contribution < -0.4 is 5.32 Å². The molecule has 2 aromatic rings. The molecule has 0 radical (unpaired) electrons. The maximum atomic E-state index is 12.4. The number of aryl methyl sites for hydroxylation is 1. The summed E-state index contributed by atoms with van der Waals surface area (Å²) in [5.74, 6) is 2.26. The molecule has 3 nitrogen and oxygen atoms in total. The summed E-state index contributed by atoms with van der Waals surface area (Å²) >= 11 is 13.9. The zero-order valence-electron chi connectivity index (χ0n) is 16.8. The highest BCUT2D eigenvalue weighted by molar-refractivity contribution is 7.98. The minimum absolute atomic E-state index is 0.127. The normalized spacial score (nSPS) is 15.4. The molecule has 1 fully saturated rings. The second kappa shape index (κ2) is 11.3. The van der Waals surface area contributed by atoms with Gasteiger partial charge in [-0.15, -0.1) is 0 Å². The first-order chi connectivity index (χ1) is 14.0. The monoisotopic (exact) mass is 450 g/mol. The molecule has 1 heterocycles. The Kier molecular flexibility index (Phi) is 8.73. The molecule has 1 amide bonds. The minimum Gasteiger partial charge on any atom is -0.355 e. The molecule has 156 valence electrons. The van der Waals surface area contributed by atoms with Gasteiger partial charge in [0, 0.05) is 30.5 Å². The van der Waals surface area contributed by atoms with Crippen LogP contribution in [-0.4, -0.2) is 36.2 Å². The SMILES string of the molecule is Cc1ccc(CSCCNC(=O)C2CCN(Cc3ccc(Cl)c(Cl)c3)CC2)cc1. The van der Waals surface area contributed by atoms with Gasteiger partial charge in [0.2, 0.25) is 5.91 Å². The van der Waals surface area contributed by atoms with Crippen LogP contribution in [0.2, 0.25) is 10.0 Å². The van der Waals surface area contributed by atoms with Gasteiger partial charge >= 0.3 is 0 Å². The van der Waals surface area contributed by atoms with E-state index in [-0.39, 0.29) is 11.8 Å². The van der Waals surface area contributed by atoms with Gasteiger partial charge < -0.3 is 5.32 Å². The van der Waals surface area contributed by atoms with E-state index in [1.165, 1.54) is 11.1 Å². The summed E-state index contributed by atoms with van der Waals surface area (Å²) in [6.07, 6.45) is 1.81. The van der Waals surface area contributed by atoms with Crippen molar-refractivity contribution in [2.75, 3.05) is 25.4 Å². The largest absolute Gasteiger partial charge is 0.355 e. The zero-order chi connectivity index (χ0) is 20.6. The van der Waals surface area contributed by atoms with E-state index >= 15 is 0 Å². The number of hydrogen-bond donors (Lipinski definition) is 1. The van der Waals surface area contributed by atoms with Crippen LogP contribution in [0.15, 0.2) is 42.5 Å². The van der Waals surface area contributed by atoms with E-state index in [1.807, 2.05) is 30.0 Å². The summed E-state index contributed by atoms with van der Waals surface area (Å²) in [6.45, 7) is 5.55. The standard InChI is InChI=1S/C23H28Cl2N2OS/c1-17-2-4-18(5-3-17)16-29-13-10-26-23(28)20-8-11-27(12-9-20)15-19-6-7-21(24)22(25)14-19/h2-7,14,20H,8-13,15-16H2,1H3,(H,26,28). The summed E-state index contributed by atoms with van der Waals surface area (Å²) in [5, 5.41) is 4.30. The Balaban J connectivity index is 1.31. The maximum Gasteiger partial charge on any atom is 0.223 e. The van der Waals surface area contributed by atoms with E-state index in [0.29, 0.717) is 10.0 Å². The third-order valence-electron chi connectivity index (χ3n) is 5.28. The van der Waals surface area contributed by atoms with E-state index in [1.54, 1.807) is 0 Å². The van der Waals surface area contributed by atoms with Gasteiger partial charge in [0.1, 0.15) is 0 Å². The number of carbonyl (C=O) groups is 1. The van der Waals surface area contributed by atoms with Gasteiger partial charge in [-0.05, 0) is 56.1 Å². The number of likely N-dealkylation sites (tertiary alicyclic amines) is 1. The van der Waals surface area contributed by atoms with Crippen molar-refractivity contribution < 1.29 is 4.79 Å². The third-order valence-corrected chi connectivity index (χ3v) is 7.05. The fourth-order valence-electron chi connectivity index (χ4n) is 3.51. The van der Waals surface area contributed by atoms with Crippen molar-refractivity contribution in [2.45, 2.75) is 32.1 Å². The summed E-state index contributed by atoms with van der Waals surface area (Å²) in [6, 6.07) is 14.4. The Bertz CT molecular complexity index is 805. The molecule has 0 spiro atoms. The Hall–Kier alpha value is -1.20. The number of thioether (sulfide) groups is 1. The average Bonchev–Trinajstić information content (AvgIpc) is 2.72. The van der Waals surface area contributed by atoms with E-state index in [9.17, 15) is 4.79 Å². The molecule has 0 aromatic heterocycles. The van der Waals surface area contributed by atoms with Gasteiger partial charge in [-0.3, -0.25) is 9.69 Å². The Morgan fingerprint density at radius 3 is 2.45 bits per heavy atom. The van der Waals surface area contributed by atoms with Gasteiger partial charge in [0.15, 0.2) is 0 Å². The first kappa shape index (κ1) is 22.5. The van der Waals surface area contributed by atoms with Gasteiger partial charge in [0.25, 0.3) is 0 Å². The molecule has 1 aliphatic rings. The topological polar surface area (TPSA) is 32.3 Å². The third kappa shape index (κ3) is 7.21. The van der Waals surface area contributed by atoms with Gasteiger partial charge in [-0.1, -0.05) is 59.1 Å². The number of amides is 1. The number of rotatable bonds is 8. The summed E-state index contributed by atoms with van der Waals surface area (Å²) in [4.78, 5) is 14.8. The Morgan fingerprint density at radius 1 is 1.07 bits per heavy atom. The van der Waals surface area contributed by atoms with Crippen LogP contribution >= 0.6 is 35.0 Å². The van der Waals surface area contributed by atoms with Crippen molar-refractivity contribution in [2.24, 2.45) is 5.92 Å². The van der Waals surface area contributed by atoms with Crippen LogP contribution in [0, 0.1) is 12.8 Å². The number of hydrogen-bond acceptors (Lipinski definition) is 3. The van der Waals surface area contributed by atoms with E-state index < -0.39 is 0 Å². The van der Waals surface area contributed by atoms with Crippen LogP contribution in [-0.2, 0) is 17.1 Å². The molecule has 1 saturated heterocycles. The number of nitrogens with zero attached hydrogens (tertiary/aromatic N) is 1. The Morgan fingerprint density at radius 2 is 1.76 bits per heavy atom. The van der Waals surface area contributed by atoms with Crippen molar-refractivity contribution in [1.82, 2.24) is 10.2 Å². The second-order valence-corrected chi connectivity index (χ2v) is 9.55. The highest BCUT2D eigenvalue weighted by Crippen LogP contribution is 2.25. The average molecular weight is 451 g/mol. The van der Waals surface area contributed by atoms with Crippen LogP contribution in [0.4, 0.5) is 0 Å². The van der Waals surface area contributed by atoms with E-state index in [0.717, 1.165) is 56.1 Å². The molecule has 1 aliphatic heterocycles. The lowest BCUT2D eigenvalue weighted by molar-refractivity contribution is -0.126. The maximum absolute atomic E-state index is 12.4. The Labute approximate surface area is 188 Å². The lowest BCUT2D eigenvalue weighted by atomic mass is 9.95. The number of nitrogens with one attached hydrogen (secondary N) is 1. The van der Waals surface area contributed by atoms with Crippen LogP contribution in [0.5, 0.6) is 0 Å². The van der Waals surface area contributed by atoms with Crippen LogP contribution in [0.1, 0.15) is 29.5 Å². The second-order valence-electron chi connectivity index (χ2n) is 7.63. The molecule has 1 N–H and O–H groups in total. The first-order valence-electron chi connectivity index (χ1n) is 10.1. The lowest BCUT2D eigenvalue weighted by Crippen LogP contribution is -2.40. The van der Waals surface area contributed by atoms with E-state index in [4.69, 9.17) is 23.2 Å². The molecule has 0 atom stereocenters. The number of halogens is 2. The van der Waals surface area contributed by atoms with Crippen molar-refractivity contribution in [3.05, 3.63) is 69.2 Å². The molecule has 2 aromatic carbocycles. The van der Waals surface area contributed by atoms with Gasteiger partial charge in [-0.25, -0.2) is 0 Å². The van der Waals surface area contributed by atoms with Crippen LogP contribution in [0.3, 0.4) is 0 Å². The van der Waals surface area contributed by atoms with Crippen molar-refractivity contribution in [3.8, 4) is 0 Å². The predicted molar refractivity (Wildman–Crippen MR) is 125 cm³/mol. The number of piperidine rings is 1. The molecule has 0 aliphatic carbocycles. The number of carbonyl (C=O) groups excluding carboxylic acids is 1. The van der Waals surface area contributed by atoms with Gasteiger partial charge in [0.05, 0.1) is 10.0 Å². The zero-order valence-corrected chi connectivity index (χ0v) is 19.1. The molecule has 0 saturated carbocycles. The fourth-order valence-corrected chi connectivity index (χ4v) is 4.65. The van der Waals surface area contributed by atoms with Crippen molar-refractivity contribution >= 4 is 40.9 Å². The molecule has 0 unspecified atom stereocenters. The predicted octanol–water partition coefficient (Wildman–Crippen LogP) is 5.56. The highest BCUT2D eigenvalue weighted by atomic mass is 35.5. The van der Waals surface area contributed by atoms with Gasteiger partial charge in [-0.2, -0.15) is 11.8 Å². The molecule has 29 heavy (non-hydrogen) atoms. The first-order valence-corrected chi connectivity index (χ1v) is 12.0. The summed E-state index contributed by atoms with van der Waals surface area (Å²) in [5.41, 5.74) is 3.78. The highest BCUT2D eigenvalue weighted by Gasteiger charge is 2.24. The van der Waals surface area contributed by atoms with Crippen LogP contribution in [0.25, 0.3) is 0 Å². The molecular weight excluding hydrogens is 423 g/mol. The lowest BCUT2D eigenvalue weighted by Gasteiger charge is -2.31. The fraction of sp³-hybridized carbons (Fsp3) is 0.435. The smallest absolute Gasteiger partial charge is 0.223 e. The summed E-state index contributed by atoms with van der Waals surface area (Å²) in [7, 11) is 0. The molecule has 0 bridgehead atoms.